The fraction of sp³-hybridized carbons (Fsp3) is 0.167. The van der Waals surface area contributed by atoms with Crippen LogP contribution >= 0.6 is 0 Å². The molecule has 1 N–H and O–H groups in total. The third-order valence-corrected chi connectivity index (χ3v) is 2.33. The second-order valence-electron chi connectivity index (χ2n) is 3.45. The summed E-state index contributed by atoms with van der Waals surface area (Å²) in [5.74, 6) is -1.02. The fourth-order valence-electron chi connectivity index (χ4n) is 1.46. The van der Waals surface area contributed by atoms with E-state index in [9.17, 15) is 9.18 Å². The van der Waals surface area contributed by atoms with Gasteiger partial charge >= 0.3 is 5.97 Å². The molecule has 0 fully saturated rings. The largest absolute Gasteiger partial charge is 0.463 e. The second kappa shape index (κ2) is 4.87. The van der Waals surface area contributed by atoms with Crippen molar-refractivity contribution >= 4 is 12.0 Å². The van der Waals surface area contributed by atoms with Crippen LogP contribution in [0.25, 0.3) is 11.3 Å². The van der Waals surface area contributed by atoms with E-state index in [0.29, 0.717) is 11.3 Å². The summed E-state index contributed by atoms with van der Waals surface area (Å²) in [7, 11) is 2.86. The monoisotopic (exact) mass is 250 g/mol. The highest BCUT2D eigenvalue weighted by molar-refractivity contribution is 5.93. The highest BCUT2D eigenvalue weighted by Crippen LogP contribution is 2.26. The van der Waals surface area contributed by atoms with Gasteiger partial charge in [0.15, 0.2) is 0 Å². The zero-order valence-corrected chi connectivity index (χ0v) is 9.86. The Hall–Kier alpha value is -2.37. The first-order valence-electron chi connectivity index (χ1n) is 5.18. The Morgan fingerprint density at radius 2 is 2.06 bits per heavy atom. The number of ether oxygens (including phenoxy) is 1. The maximum absolute atomic E-state index is 12.9. The summed E-state index contributed by atoms with van der Waals surface area (Å²) in [6.07, 6.45) is 0. The Balaban J connectivity index is 2.51. The number of hydrogen-bond donors (Lipinski definition) is 1. The van der Waals surface area contributed by atoms with E-state index >= 15 is 0 Å². The van der Waals surface area contributed by atoms with Gasteiger partial charge in [0.25, 0.3) is 6.01 Å². The number of rotatable bonds is 3. The molecule has 0 atom stereocenters. The SMILES string of the molecule is CNc1nc(-c2ccc(F)cc2)c(C(=O)OC)o1. The number of carbonyl (C=O) groups excluding carboxylic acids is 1. The van der Waals surface area contributed by atoms with Gasteiger partial charge in [-0.1, -0.05) is 0 Å². The van der Waals surface area contributed by atoms with Crippen LogP contribution in [-0.2, 0) is 4.74 Å². The molecule has 1 aromatic carbocycles. The van der Waals surface area contributed by atoms with Crippen molar-refractivity contribution in [3.8, 4) is 11.3 Å². The highest BCUT2D eigenvalue weighted by atomic mass is 19.1. The van der Waals surface area contributed by atoms with Crippen molar-refractivity contribution in [2.45, 2.75) is 0 Å². The molecule has 2 aromatic rings. The smallest absolute Gasteiger partial charge is 0.376 e. The minimum atomic E-state index is -0.636. The molecule has 0 saturated carbocycles. The number of benzene rings is 1. The van der Waals surface area contributed by atoms with Gasteiger partial charge in [-0.05, 0) is 24.3 Å². The summed E-state index contributed by atoms with van der Waals surface area (Å²) in [6.45, 7) is 0. The van der Waals surface area contributed by atoms with Gasteiger partial charge in [0.1, 0.15) is 11.5 Å². The van der Waals surface area contributed by atoms with Crippen LogP contribution in [0, 0.1) is 5.82 Å². The first-order valence-corrected chi connectivity index (χ1v) is 5.18. The zero-order chi connectivity index (χ0) is 13.1. The Bertz CT molecular complexity index is 563. The molecular formula is C12H11FN2O3. The predicted molar refractivity (Wildman–Crippen MR) is 62.8 cm³/mol. The van der Waals surface area contributed by atoms with Crippen molar-refractivity contribution in [1.82, 2.24) is 4.98 Å². The molecular weight excluding hydrogens is 239 g/mol. The van der Waals surface area contributed by atoms with Crippen LogP contribution in [-0.4, -0.2) is 25.1 Å². The van der Waals surface area contributed by atoms with Crippen LogP contribution in [0.15, 0.2) is 28.7 Å². The van der Waals surface area contributed by atoms with Crippen LogP contribution in [0.3, 0.4) is 0 Å². The molecule has 5 nitrogen and oxygen atoms in total. The number of aromatic nitrogens is 1. The van der Waals surface area contributed by atoms with Crippen molar-refractivity contribution in [1.29, 1.82) is 0 Å². The van der Waals surface area contributed by atoms with Gasteiger partial charge in [0, 0.05) is 12.6 Å². The minimum absolute atomic E-state index is 0.0199. The molecule has 0 aliphatic rings. The lowest BCUT2D eigenvalue weighted by Gasteiger charge is -1.99. The van der Waals surface area contributed by atoms with E-state index in [4.69, 9.17) is 4.42 Å². The Morgan fingerprint density at radius 1 is 1.39 bits per heavy atom. The maximum atomic E-state index is 12.9. The topological polar surface area (TPSA) is 64.4 Å². The van der Waals surface area contributed by atoms with Crippen molar-refractivity contribution < 1.29 is 18.3 Å². The number of carbonyl (C=O) groups is 1. The average molecular weight is 250 g/mol. The summed E-state index contributed by atoms with van der Waals surface area (Å²) < 4.78 is 22.7. The van der Waals surface area contributed by atoms with Crippen LogP contribution < -0.4 is 5.32 Å². The Labute approximate surface area is 103 Å². The molecule has 1 aromatic heterocycles. The second-order valence-corrected chi connectivity index (χ2v) is 3.45. The quantitative estimate of drug-likeness (QED) is 0.847. The van der Waals surface area contributed by atoms with E-state index in [1.165, 1.54) is 31.4 Å². The van der Waals surface area contributed by atoms with Crippen LogP contribution in [0.5, 0.6) is 0 Å². The molecule has 0 radical (unpaired) electrons. The molecule has 18 heavy (non-hydrogen) atoms. The first kappa shape index (κ1) is 12.1. The lowest BCUT2D eigenvalue weighted by Crippen LogP contribution is -2.01. The molecule has 6 heteroatoms. The van der Waals surface area contributed by atoms with Gasteiger partial charge in [0.05, 0.1) is 7.11 Å². The number of nitrogens with one attached hydrogen (secondary N) is 1. The molecule has 0 amide bonds. The molecule has 1 heterocycles. The number of anilines is 1. The van der Waals surface area contributed by atoms with E-state index in [0.717, 1.165) is 0 Å². The maximum Gasteiger partial charge on any atom is 0.376 e. The van der Waals surface area contributed by atoms with Crippen LogP contribution in [0.4, 0.5) is 10.4 Å². The van der Waals surface area contributed by atoms with Crippen LogP contribution in [0.1, 0.15) is 10.6 Å². The van der Waals surface area contributed by atoms with Gasteiger partial charge in [-0.3, -0.25) is 0 Å². The van der Waals surface area contributed by atoms with Crippen molar-refractivity contribution in [3.05, 3.63) is 35.8 Å². The summed E-state index contributed by atoms with van der Waals surface area (Å²) in [6, 6.07) is 5.78. The van der Waals surface area contributed by atoms with E-state index in [-0.39, 0.29) is 17.6 Å². The lowest BCUT2D eigenvalue weighted by atomic mass is 10.1. The van der Waals surface area contributed by atoms with Gasteiger partial charge in [0.2, 0.25) is 5.76 Å². The molecule has 94 valence electrons. The number of hydrogen-bond acceptors (Lipinski definition) is 5. The highest BCUT2D eigenvalue weighted by Gasteiger charge is 2.21. The van der Waals surface area contributed by atoms with E-state index in [1.807, 2.05) is 0 Å². The van der Waals surface area contributed by atoms with E-state index < -0.39 is 5.97 Å². The number of esters is 1. The zero-order valence-electron chi connectivity index (χ0n) is 9.86. The van der Waals surface area contributed by atoms with E-state index in [1.54, 1.807) is 7.05 Å². The van der Waals surface area contributed by atoms with Crippen molar-refractivity contribution in [3.63, 3.8) is 0 Å². The molecule has 0 saturated heterocycles. The Morgan fingerprint density at radius 3 is 2.61 bits per heavy atom. The average Bonchev–Trinajstić information content (AvgIpc) is 2.83. The normalized spacial score (nSPS) is 10.2. The van der Waals surface area contributed by atoms with Crippen molar-refractivity contribution in [2.24, 2.45) is 0 Å². The summed E-state index contributed by atoms with van der Waals surface area (Å²) in [4.78, 5) is 15.6. The lowest BCUT2D eigenvalue weighted by molar-refractivity contribution is 0.0567. The number of nitrogens with zero attached hydrogens (tertiary/aromatic N) is 1. The predicted octanol–water partition coefficient (Wildman–Crippen LogP) is 2.31. The number of oxazole rings is 1. The summed E-state index contributed by atoms with van der Waals surface area (Å²) in [5.41, 5.74) is 0.883. The van der Waals surface area contributed by atoms with Crippen LogP contribution in [0.2, 0.25) is 0 Å². The summed E-state index contributed by atoms with van der Waals surface area (Å²) >= 11 is 0. The molecule has 0 spiro atoms. The molecule has 0 aliphatic carbocycles. The third-order valence-electron chi connectivity index (χ3n) is 2.33. The van der Waals surface area contributed by atoms with Crippen molar-refractivity contribution in [2.75, 3.05) is 19.5 Å². The summed E-state index contributed by atoms with van der Waals surface area (Å²) in [5, 5.41) is 2.69. The molecule has 0 aliphatic heterocycles. The van der Waals surface area contributed by atoms with Gasteiger partial charge in [-0.15, -0.1) is 0 Å². The minimum Gasteiger partial charge on any atom is -0.463 e. The van der Waals surface area contributed by atoms with E-state index in [2.05, 4.69) is 15.0 Å². The fourth-order valence-corrected chi connectivity index (χ4v) is 1.46. The third kappa shape index (κ3) is 2.17. The number of methoxy groups -OCH3 is 1. The first-order chi connectivity index (χ1) is 8.65. The van der Waals surface area contributed by atoms with Gasteiger partial charge < -0.3 is 14.5 Å². The number of halogens is 1. The Kier molecular flexibility index (Phi) is 3.27. The standard InChI is InChI=1S/C12H11FN2O3/c1-14-12-15-9(10(18-12)11(16)17-2)7-3-5-8(13)6-4-7/h3-6H,1-2H3,(H,14,15). The molecule has 0 unspecified atom stereocenters. The molecule has 2 rings (SSSR count). The molecule has 0 bridgehead atoms. The van der Waals surface area contributed by atoms with Gasteiger partial charge in [-0.25, -0.2) is 9.18 Å². The van der Waals surface area contributed by atoms with Gasteiger partial charge in [-0.2, -0.15) is 4.98 Å².